The molecule has 3 heterocycles. The molecule has 0 spiro atoms. The summed E-state index contributed by atoms with van der Waals surface area (Å²) in [7, 11) is -3.88. The SMILES string of the molecule is O=C(O)c1ccccc1C(=O)Nc1ccc(S(=O)(=O)N2CCN(c3nc(Cl)cs3)CC2)nn1. The Labute approximate surface area is 197 Å². The number of rotatable bonds is 6. The van der Waals surface area contributed by atoms with Gasteiger partial charge in [-0.3, -0.25) is 4.79 Å². The second kappa shape index (κ2) is 9.39. The first-order chi connectivity index (χ1) is 15.8. The van der Waals surface area contributed by atoms with Gasteiger partial charge >= 0.3 is 5.97 Å². The third-order valence-electron chi connectivity index (χ3n) is 4.86. The average molecular weight is 509 g/mol. The van der Waals surface area contributed by atoms with Gasteiger partial charge in [0.25, 0.3) is 15.9 Å². The predicted octanol–water partition coefficient (Wildman–Crippen LogP) is 2.05. The highest BCUT2D eigenvalue weighted by molar-refractivity contribution is 7.89. The molecule has 172 valence electrons. The van der Waals surface area contributed by atoms with E-state index in [1.54, 1.807) is 5.38 Å². The Morgan fingerprint density at radius 1 is 1.03 bits per heavy atom. The topological polar surface area (TPSA) is 146 Å². The predicted molar refractivity (Wildman–Crippen MR) is 121 cm³/mol. The van der Waals surface area contributed by atoms with E-state index in [1.165, 1.54) is 52.0 Å². The van der Waals surface area contributed by atoms with Gasteiger partial charge in [-0.05, 0) is 24.3 Å². The second-order valence-electron chi connectivity index (χ2n) is 6.91. The van der Waals surface area contributed by atoms with Crippen LogP contribution in [0.25, 0.3) is 0 Å². The molecule has 0 atom stereocenters. The monoisotopic (exact) mass is 508 g/mol. The van der Waals surface area contributed by atoms with Crippen molar-refractivity contribution in [2.24, 2.45) is 0 Å². The Bertz CT molecular complexity index is 1290. The summed E-state index contributed by atoms with van der Waals surface area (Å²) in [5.41, 5.74) is -0.218. The van der Waals surface area contributed by atoms with Gasteiger partial charge in [0.15, 0.2) is 16.0 Å². The fourth-order valence-corrected chi connectivity index (χ4v) is 5.51. The van der Waals surface area contributed by atoms with Crippen LogP contribution in [-0.4, -0.2) is 71.1 Å². The fourth-order valence-electron chi connectivity index (χ4n) is 3.22. The number of hydrogen-bond acceptors (Lipinski definition) is 9. The number of carbonyl (C=O) groups excluding carboxylic acids is 1. The highest BCUT2D eigenvalue weighted by Crippen LogP contribution is 2.25. The minimum absolute atomic E-state index is 0.00962. The third kappa shape index (κ3) is 4.95. The van der Waals surface area contributed by atoms with Crippen molar-refractivity contribution in [2.45, 2.75) is 5.03 Å². The first kappa shape index (κ1) is 23.0. The van der Waals surface area contributed by atoms with Crippen LogP contribution < -0.4 is 10.2 Å². The maximum absolute atomic E-state index is 12.9. The first-order valence-corrected chi connectivity index (χ1v) is 12.3. The minimum Gasteiger partial charge on any atom is -0.478 e. The van der Waals surface area contributed by atoms with E-state index in [2.05, 4.69) is 20.5 Å². The molecule has 14 heteroatoms. The van der Waals surface area contributed by atoms with Crippen molar-refractivity contribution in [1.82, 2.24) is 19.5 Å². The van der Waals surface area contributed by atoms with Crippen molar-refractivity contribution in [3.8, 4) is 0 Å². The zero-order valence-electron chi connectivity index (χ0n) is 16.9. The second-order valence-corrected chi connectivity index (χ2v) is 10.0. The quantitative estimate of drug-likeness (QED) is 0.510. The maximum Gasteiger partial charge on any atom is 0.336 e. The van der Waals surface area contributed by atoms with Crippen LogP contribution in [0.5, 0.6) is 0 Å². The summed E-state index contributed by atoms with van der Waals surface area (Å²) in [5.74, 6) is -1.95. The van der Waals surface area contributed by atoms with Crippen LogP contribution in [0.2, 0.25) is 5.15 Å². The Kier molecular flexibility index (Phi) is 6.56. The van der Waals surface area contributed by atoms with Gasteiger partial charge in [-0.25, -0.2) is 18.2 Å². The number of aromatic carboxylic acids is 1. The van der Waals surface area contributed by atoms with Crippen LogP contribution in [-0.2, 0) is 10.0 Å². The van der Waals surface area contributed by atoms with Gasteiger partial charge in [-0.2, -0.15) is 4.31 Å². The molecule has 1 aliphatic rings. The molecule has 1 aromatic carbocycles. The average Bonchev–Trinajstić information content (AvgIpc) is 3.25. The molecule has 0 saturated carbocycles. The van der Waals surface area contributed by atoms with Gasteiger partial charge in [-0.1, -0.05) is 23.7 Å². The lowest BCUT2D eigenvalue weighted by Gasteiger charge is -2.33. The molecule has 1 fully saturated rings. The number of nitrogens with zero attached hydrogens (tertiary/aromatic N) is 5. The number of benzene rings is 1. The van der Waals surface area contributed by atoms with Gasteiger partial charge in [0.1, 0.15) is 5.15 Å². The van der Waals surface area contributed by atoms with Crippen LogP contribution in [0.3, 0.4) is 0 Å². The maximum atomic E-state index is 12.9. The van der Waals surface area contributed by atoms with Gasteiger partial charge in [0.2, 0.25) is 0 Å². The molecule has 1 saturated heterocycles. The summed E-state index contributed by atoms with van der Waals surface area (Å²) in [5, 5.41) is 21.8. The van der Waals surface area contributed by atoms with Crippen LogP contribution >= 0.6 is 22.9 Å². The van der Waals surface area contributed by atoms with Crippen molar-refractivity contribution in [3.63, 3.8) is 0 Å². The molecular weight excluding hydrogens is 492 g/mol. The number of sulfonamides is 1. The standard InChI is InChI=1S/C19H17ClN6O5S2/c20-14-11-32-19(21-14)25-7-9-26(10-8-25)33(30,31)16-6-5-15(23-24-16)22-17(27)12-3-1-2-4-13(12)18(28)29/h1-6,11H,7-10H2,(H,28,29)(H,22,23,27). The minimum atomic E-state index is -3.88. The Balaban J connectivity index is 1.42. The fraction of sp³-hybridized carbons (Fsp3) is 0.211. The number of anilines is 2. The summed E-state index contributed by atoms with van der Waals surface area (Å²) in [6, 6.07) is 8.26. The summed E-state index contributed by atoms with van der Waals surface area (Å²) in [6.07, 6.45) is 0. The summed E-state index contributed by atoms with van der Waals surface area (Å²) >= 11 is 7.25. The smallest absolute Gasteiger partial charge is 0.336 e. The third-order valence-corrected chi connectivity index (χ3v) is 7.88. The molecule has 0 unspecified atom stereocenters. The molecule has 1 aliphatic heterocycles. The van der Waals surface area contributed by atoms with Crippen molar-refractivity contribution in [1.29, 1.82) is 0 Å². The number of halogens is 1. The lowest BCUT2D eigenvalue weighted by molar-refractivity contribution is 0.0692. The molecule has 3 aromatic rings. The number of carboxylic acids is 1. The Morgan fingerprint density at radius 3 is 2.30 bits per heavy atom. The summed E-state index contributed by atoms with van der Waals surface area (Å²) in [4.78, 5) is 29.9. The van der Waals surface area contributed by atoms with Gasteiger partial charge in [-0.15, -0.1) is 21.5 Å². The number of carbonyl (C=O) groups is 2. The molecule has 0 radical (unpaired) electrons. The highest BCUT2D eigenvalue weighted by Gasteiger charge is 2.31. The zero-order chi connectivity index (χ0) is 23.6. The van der Waals surface area contributed by atoms with E-state index in [9.17, 15) is 23.1 Å². The summed E-state index contributed by atoms with van der Waals surface area (Å²) in [6.45, 7) is 1.39. The molecule has 0 bridgehead atoms. The molecule has 0 aliphatic carbocycles. The van der Waals surface area contributed by atoms with Crippen molar-refractivity contribution in [3.05, 3.63) is 58.1 Å². The number of piperazine rings is 1. The normalized spacial score (nSPS) is 14.8. The van der Waals surface area contributed by atoms with E-state index in [4.69, 9.17) is 11.6 Å². The van der Waals surface area contributed by atoms with Gasteiger partial charge in [0.05, 0.1) is 11.1 Å². The molecular formula is C19H17ClN6O5S2. The molecule has 2 N–H and O–H groups in total. The van der Waals surface area contributed by atoms with E-state index < -0.39 is 21.9 Å². The first-order valence-electron chi connectivity index (χ1n) is 9.59. The largest absolute Gasteiger partial charge is 0.478 e. The van der Waals surface area contributed by atoms with Crippen LogP contribution in [0.4, 0.5) is 10.9 Å². The Hall–Kier alpha value is -3.13. The van der Waals surface area contributed by atoms with Crippen LogP contribution in [0.1, 0.15) is 20.7 Å². The van der Waals surface area contributed by atoms with Crippen molar-refractivity contribution >= 4 is 55.8 Å². The number of hydrogen-bond donors (Lipinski definition) is 2. The van der Waals surface area contributed by atoms with Crippen LogP contribution in [0, 0.1) is 0 Å². The molecule has 4 rings (SSSR count). The van der Waals surface area contributed by atoms with E-state index in [1.807, 2.05) is 4.90 Å². The zero-order valence-corrected chi connectivity index (χ0v) is 19.3. The van der Waals surface area contributed by atoms with E-state index in [0.29, 0.717) is 18.2 Å². The van der Waals surface area contributed by atoms with Crippen LogP contribution in [0.15, 0.2) is 46.8 Å². The summed E-state index contributed by atoms with van der Waals surface area (Å²) < 4.78 is 27.2. The number of amides is 1. The van der Waals surface area contributed by atoms with E-state index >= 15 is 0 Å². The number of aromatic nitrogens is 3. The van der Waals surface area contributed by atoms with Gasteiger partial charge in [0, 0.05) is 31.6 Å². The van der Waals surface area contributed by atoms with Crippen molar-refractivity contribution < 1.29 is 23.1 Å². The van der Waals surface area contributed by atoms with E-state index in [-0.39, 0.29) is 35.1 Å². The highest BCUT2D eigenvalue weighted by atomic mass is 35.5. The van der Waals surface area contributed by atoms with Gasteiger partial charge < -0.3 is 15.3 Å². The number of nitrogens with one attached hydrogen (secondary N) is 1. The Morgan fingerprint density at radius 2 is 1.73 bits per heavy atom. The lowest BCUT2D eigenvalue weighted by atomic mass is 10.1. The lowest BCUT2D eigenvalue weighted by Crippen LogP contribution is -2.48. The molecule has 11 nitrogen and oxygen atoms in total. The van der Waals surface area contributed by atoms with Crippen molar-refractivity contribution in [2.75, 3.05) is 36.4 Å². The molecule has 1 amide bonds. The van der Waals surface area contributed by atoms with E-state index in [0.717, 1.165) is 5.13 Å². The molecule has 2 aromatic heterocycles. The molecule has 33 heavy (non-hydrogen) atoms. The number of thiazole rings is 1. The number of carboxylic acid groups (broad SMARTS) is 1.